The molecule has 0 spiro atoms. The Morgan fingerprint density at radius 2 is 1.83 bits per heavy atom. The Labute approximate surface area is 127 Å². The second kappa shape index (κ2) is 4.93. The maximum absolute atomic E-state index is 12.9. The number of benzene rings is 1. The lowest BCUT2D eigenvalue weighted by atomic mass is 10.2. The number of sulfonamides is 1. The van der Waals surface area contributed by atoms with E-state index in [1.54, 1.807) is 0 Å². The molecule has 0 unspecified atom stereocenters. The van der Waals surface area contributed by atoms with Crippen LogP contribution >= 0.6 is 0 Å². The Balaban J connectivity index is 1.78. The molecule has 2 heterocycles. The SMILES string of the molecule is NS(=O)(=O)c1ccc(C(=O)Nc2ccc3c(c2)OC(F)(F)O3)o1. The fourth-order valence-corrected chi connectivity index (χ4v) is 2.28. The second-order valence-electron chi connectivity index (χ2n) is 4.45. The summed E-state index contributed by atoms with van der Waals surface area (Å²) in [6.07, 6.45) is -3.77. The van der Waals surface area contributed by atoms with E-state index in [9.17, 15) is 22.0 Å². The molecule has 1 aliphatic rings. The molecule has 0 fully saturated rings. The van der Waals surface area contributed by atoms with Gasteiger partial charge in [0.15, 0.2) is 17.3 Å². The zero-order chi connectivity index (χ0) is 16.8. The highest BCUT2D eigenvalue weighted by Crippen LogP contribution is 2.42. The molecule has 0 radical (unpaired) electrons. The van der Waals surface area contributed by atoms with Gasteiger partial charge in [0.05, 0.1) is 0 Å². The minimum Gasteiger partial charge on any atom is -0.438 e. The summed E-state index contributed by atoms with van der Waals surface area (Å²) in [5.74, 6) is -1.55. The summed E-state index contributed by atoms with van der Waals surface area (Å²) in [5, 5.41) is 6.61. The van der Waals surface area contributed by atoms with Crippen molar-refractivity contribution in [1.82, 2.24) is 0 Å². The van der Waals surface area contributed by atoms with Gasteiger partial charge in [-0.05, 0) is 24.3 Å². The van der Waals surface area contributed by atoms with E-state index in [-0.39, 0.29) is 22.9 Å². The second-order valence-corrected chi connectivity index (χ2v) is 5.94. The first kappa shape index (κ1) is 15.2. The lowest BCUT2D eigenvalue weighted by Gasteiger charge is -2.04. The third-order valence-electron chi connectivity index (χ3n) is 2.74. The number of anilines is 1. The van der Waals surface area contributed by atoms with E-state index >= 15 is 0 Å². The van der Waals surface area contributed by atoms with E-state index < -0.39 is 27.3 Å². The van der Waals surface area contributed by atoms with E-state index in [4.69, 9.17) is 9.56 Å². The third kappa shape index (κ3) is 3.10. The van der Waals surface area contributed by atoms with Crippen LogP contribution in [0.15, 0.2) is 39.8 Å². The lowest BCUT2D eigenvalue weighted by Crippen LogP contribution is -2.25. The molecule has 8 nitrogen and oxygen atoms in total. The van der Waals surface area contributed by atoms with Crippen molar-refractivity contribution < 1.29 is 35.9 Å². The summed E-state index contributed by atoms with van der Waals surface area (Å²) >= 11 is 0. The van der Waals surface area contributed by atoms with E-state index in [0.29, 0.717) is 0 Å². The Morgan fingerprint density at radius 1 is 1.13 bits per heavy atom. The number of amides is 1. The normalized spacial score (nSPS) is 15.4. The molecular weight excluding hydrogens is 338 g/mol. The van der Waals surface area contributed by atoms with E-state index in [1.165, 1.54) is 12.1 Å². The number of alkyl halides is 2. The Hall–Kier alpha value is -2.66. The van der Waals surface area contributed by atoms with Gasteiger partial charge in [0.25, 0.3) is 15.9 Å². The number of primary sulfonamides is 1. The number of rotatable bonds is 3. The van der Waals surface area contributed by atoms with E-state index in [2.05, 4.69) is 14.8 Å². The van der Waals surface area contributed by atoms with Crippen LogP contribution in [0.2, 0.25) is 0 Å². The van der Waals surface area contributed by atoms with Gasteiger partial charge in [-0.2, -0.15) is 0 Å². The predicted molar refractivity (Wildman–Crippen MR) is 70.7 cm³/mol. The fourth-order valence-electron chi connectivity index (χ4n) is 1.81. The molecule has 2 aromatic rings. The van der Waals surface area contributed by atoms with Crippen molar-refractivity contribution in [2.45, 2.75) is 11.4 Å². The van der Waals surface area contributed by atoms with Crippen molar-refractivity contribution in [1.29, 1.82) is 0 Å². The maximum atomic E-state index is 12.9. The van der Waals surface area contributed by atoms with Gasteiger partial charge in [0.2, 0.25) is 5.09 Å². The van der Waals surface area contributed by atoms with Gasteiger partial charge in [-0.1, -0.05) is 0 Å². The van der Waals surface area contributed by atoms with Crippen LogP contribution in [-0.2, 0) is 10.0 Å². The number of nitrogens with one attached hydrogen (secondary N) is 1. The van der Waals surface area contributed by atoms with Gasteiger partial charge in [0, 0.05) is 11.8 Å². The molecule has 122 valence electrons. The van der Waals surface area contributed by atoms with Crippen LogP contribution < -0.4 is 19.9 Å². The number of hydrogen-bond acceptors (Lipinski definition) is 6. The largest absolute Gasteiger partial charge is 0.586 e. The standard InChI is InChI=1S/C12H8F2N2O6S/c13-12(14)21-7-2-1-6(5-9(7)22-12)16-11(17)8-3-4-10(20-8)23(15,18)19/h1-5H,(H,16,17)(H2,15,18,19). The number of carbonyl (C=O) groups is 1. The van der Waals surface area contributed by atoms with Crippen LogP contribution in [-0.4, -0.2) is 20.6 Å². The van der Waals surface area contributed by atoms with Crippen LogP contribution in [0.25, 0.3) is 0 Å². The zero-order valence-corrected chi connectivity index (χ0v) is 11.9. The average molecular weight is 346 g/mol. The van der Waals surface area contributed by atoms with Gasteiger partial charge >= 0.3 is 6.29 Å². The van der Waals surface area contributed by atoms with Crippen molar-refractivity contribution >= 4 is 21.6 Å². The molecule has 1 aromatic heterocycles. The van der Waals surface area contributed by atoms with Crippen LogP contribution in [0.1, 0.15) is 10.6 Å². The summed E-state index contributed by atoms with van der Waals surface area (Å²) in [7, 11) is -4.08. The topological polar surface area (TPSA) is 121 Å². The van der Waals surface area contributed by atoms with Gasteiger partial charge in [0.1, 0.15) is 0 Å². The van der Waals surface area contributed by atoms with Gasteiger partial charge in [-0.3, -0.25) is 4.79 Å². The minimum absolute atomic E-state index is 0.114. The smallest absolute Gasteiger partial charge is 0.438 e. The predicted octanol–water partition coefficient (Wildman–Crippen LogP) is 1.50. The molecule has 0 saturated carbocycles. The molecule has 1 aromatic carbocycles. The molecule has 0 saturated heterocycles. The molecular formula is C12H8F2N2O6S. The minimum atomic E-state index is -4.08. The molecule has 0 atom stereocenters. The molecule has 1 amide bonds. The highest BCUT2D eigenvalue weighted by atomic mass is 32.2. The summed E-state index contributed by atoms with van der Waals surface area (Å²) in [6.45, 7) is 0. The van der Waals surface area contributed by atoms with Crippen LogP contribution in [0, 0.1) is 0 Å². The quantitative estimate of drug-likeness (QED) is 0.869. The Kier molecular flexibility index (Phi) is 3.26. The first-order valence-electron chi connectivity index (χ1n) is 5.98. The summed E-state index contributed by atoms with van der Waals surface area (Å²) in [5.41, 5.74) is 0.114. The Morgan fingerprint density at radius 3 is 2.48 bits per heavy atom. The molecule has 3 N–H and O–H groups in total. The Bertz CT molecular complexity index is 893. The average Bonchev–Trinajstić information content (AvgIpc) is 3.00. The number of furan rings is 1. The van der Waals surface area contributed by atoms with Crippen LogP contribution in [0.3, 0.4) is 0 Å². The van der Waals surface area contributed by atoms with Crippen LogP contribution in [0.4, 0.5) is 14.5 Å². The summed E-state index contributed by atoms with van der Waals surface area (Å²) in [6, 6.07) is 5.73. The van der Waals surface area contributed by atoms with Gasteiger partial charge < -0.3 is 19.2 Å². The lowest BCUT2D eigenvalue weighted by molar-refractivity contribution is -0.286. The first-order valence-corrected chi connectivity index (χ1v) is 7.53. The molecule has 11 heteroatoms. The third-order valence-corrected chi connectivity index (χ3v) is 3.52. The molecule has 1 aliphatic heterocycles. The van der Waals surface area contributed by atoms with E-state index in [1.807, 2.05) is 0 Å². The fraction of sp³-hybridized carbons (Fsp3) is 0.0833. The summed E-state index contributed by atoms with van der Waals surface area (Å²) < 4.78 is 61.2. The van der Waals surface area contributed by atoms with Crippen molar-refractivity contribution in [3.63, 3.8) is 0 Å². The van der Waals surface area contributed by atoms with Gasteiger partial charge in [-0.25, -0.2) is 13.6 Å². The number of carbonyl (C=O) groups excluding carboxylic acids is 1. The highest BCUT2D eigenvalue weighted by molar-refractivity contribution is 7.89. The number of nitrogens with two attached hydrogens (primary N) is 1. The summed E-state index contributed by atoms with van der Waals surface area (Å²) in [4.78, 5) is 11.9. The van der Waals surface area contributed by atoms with Crippen molar-refractivity contribution in [2.24, 2.45) is 5.14 Å². The number of ether oxygens (including phenoxy) is 2. The van der Waals surface area contributed by atoms with Crippen molar-refractivity contribution in [3.05, 3.63) is 36.1 Å². The first-order chi connectivity index (χ1) is 10.6. The van der Waals surface area contributed by atoms with E-state index in [0.717, 1.165) is 18.2 Å². The molecule has 0 bridgehead atoms. The highest BCUT2D eigenvalue weighted by Gasteiger charge is 2.43. The van der Waals surface area contributed by atoms with Crippen molar-refractivity contribution in [2.75, 3.05) is 5.32 Å². The molecule has 23 heavy (non-hydrogen) atoms. The maximum Gasteiger partial charge on any atom is 0.586 e. The zero-order valence-electron chi connectivity index (χ0n) is 11.1. The number of halogens is 2. The number of hydrogen-bond donors (Lipinski definition) is 2. The monoisotopic (exact) mass is 346 g/mol. The molecule has 0 aliphatic carbocycles. The molecule has 3 rings (SSSR count). The van der Waals surface area contributed by atoms with Gasteiger partial charge in [-0.15, -0.1) is 8.78 Å². The number of fused-ring (bicyclic) bond motifs is 1. The van der Waals surface area contributed by atoms with Crippen LogP contribution in [0.5, 0.6) is 11.5 Å². The van der Waals surface area contributed by atoms with Crippen molar-refractivity contribution in [3.8, 4) is 11.5 Å².